The lowest BCUT2D eigenvalue weighted by Gasteiger charge is -2.13. The monoisotopic (exact) mass is 273 g/mol. The first-order valence-corrected chi connectivity index (χ1v) is 5.76. The van der Waals surface area contributed by atoms with E-state index in [0.717, 1.165) is 4.72 Å². The van der Waals surface area contributed by atoms with Gasteiger partial charge in [0.15, 0.2) is 6.29 Å². The first kappa shape index (κ1) is 14.1. The maximum atomic E-state index is 10.8. The number of carbonyl (C=O) groups excluding carboxylic acids is 1. The highest BCUT2D eigenvalue weighted by molar-refractivity contribution is 7.84. The van der Waals surface area contributed by atoms with Crippen LogP contribution in [0, 0.1) is 0 Å². The van der Waals surface area contributed by atoms with Crippen molar-refractivity contribution < 1.29 is 42.6 Å². The number of hydrogen-bond donors (Lipinski definition) is 5. The number of amides is 1. The molecule has 1 rings (SSSR count). The van der Waals surface area contributed by atoms with Crippen molar-refractivity contribution in [3.8, 4) is 0 Å². The summed E-state index contributed by atoms with van der Waals surface area (Å²) in [7, 11) is -4.73. The zero-order chi connectivity index (χ0) is 13.2. The van der Waals surface area contributed by atoms with Crippen molar-refractivity contribution in [3.63, 3.8) is 0 Å². The standard InChI is InChI=1S/C6H11NO9S/c8-3-2(16-5(10)4(3)9)1-15-6(11)7-17(12,13)14/h2-5,8-10H,1H2,(H,7,11)(H,12,13,14)/t2-,3-,4+,5+/m1/s1. The third-order valence-corrected chi connectivity index (χ3v) is 2.35. The molecule has 1 saturated heterocycles. The number of aliphatic hydroxyl groups is 3. The molecule has 11 heteroatoms. The molecular weight excluding hydrogens is 262 g/mol. The van der Waals surface area contributed by atoms with Crippen LogP contribution in [-0.2, 0) is 19.8 Å². The molecule has 0 unspecified atom stereocenters. The number of aliphatic hydroxyl groups excluding tert-OH is 3. The van der Waals surface area contributed by atoms with Gasteiger partial charge in [0, 0.05) is 0 Å². The molecular formula is C6H11NO9S. The van der Waals surface area contributed by atoms with Crippen molar-refractivity contribution in [2.75, 3.05) is 6.61 Å². The summed E-state index contributed by atoms with van der Waals surface area (Å²) in [6.45, 7) is -0.614. The minimum atomic E-state index is -4.73. The fraction of sp³-hybridized carbons (Fsp3) is 0.833. The van der Waals surface area contributed by atoms with Crippen molar-refractivity contribution in [2.24, 2.45) is 0 Å². The quantitative estimate of drug-likeness (QED) is 0.336. The Balaban J connectivity index is 2.40. The first-order valence-electron chi connectivity index (χ1n) is 4.32. The summed E-state index contributed by atoms with van der Waals surface area (Å²) in [6, 6.07) is 0. The highest BCUT2D eigenvalue weighted by Crippen LogP contribution is 2.19. The van der Waals surface area contributed by atoms with E-state index in [1.165, 1.54) is 0 Å². The molecule has 0 aliphatic carbocycles. The molecule has 1 fully saturated rings. The highest BCUT2D eigenvalue weighted by atomic mass is 32.2. The van der Waals surface area contributed by atoms with Crippen LogP contribution >= 0.6 is 0 Å². The Morgan fingerprint density at radius 1 is 1.29 bits per heavy atom. The molecule has 0 aromatic rings. The Morgan fingerprint density at radius 2 is 1.88 bits per heavy atom. The van der Waals surface area contributed by atoms with Crippen LogP contribution in [0.5, 0.6) is 0 Å². The summed E-state index contributed by atoms with van der Waals surface area (Å²) >= 11 is 0. The van der Waals surface area contributed by atoms with Crippen LogP contribution in [0.3, 0.4) is 0 Å². The van der Waals surface area contributed by atoms with E-state index in [2.05, 4.69) is 9.47 Å². The van der Waals surface area contributed by atoms with Crippen LogP contribution in [0.25, 0.3) is 0 Å². The molecule has 1 aliphatic heterocycles. The van der Waals surface area contributed by atoms with Gasteiger partial charge in [0.2, 0.25) is 0 Å². The zero-order valence-corrected chi connectivity index (χ0v) is 9.07. The second kappa shape index (κ2) is 5.12. The van der Waals surface area contributed by atoms with Gasteiger partial charge in [-0.05, 0) is 0 Å². The SMILES string of the molecule is O=C(NS(=O)(=O)O)OC[C@H]1O[C@H](O)[C@@H](O)[C@@H]1O. The lowest BCUT2D eigenvalue weighted by atomic mass is 10.1. The van der Waals surface area contributed by atoms with Gasteiger partial charge in [-0.15, -0.1) is 0 Å². The predicted octanol–water partition coefficient (Wildman–Crippen LogP) is -3.05. The van der Waals surface area contributed by atoms with Crippen molar-refractivity contribution >= 4 is 16.4 Å². The van der Waals surface area contributed by atoms with E-state index >= 15 is 0 Å². The van der Waals surface area contributed by atoms with Crippen molar-refractivity contribution in [3.05, 3.63) is 0 Å². The Morgan fingerprint density at radius 3 is 2.29 bits per heavy atom. The number of nitrogens with one attached hydrogen (secondary N) is 1. The van der Waals surface area contributed by atoms with Gasteiger partial charge in [-0.1, -0.05) is 0 Å². The third-order valence-electron chi connectivity index (χ3n) is 1.93. The summed E-state index contributed by atoms with van der Waals surface area (Å²) in [5.41, 5.74) is 0. The second-order valence-electron chi connectivity index (χ2n) is 3.22. The van der Waals surface area contributed by atoms with Gasteiger partial charge < -0.3 is 24.8 Å². The molecule has 0 aromatic carbocycles. The molecule has 0 bridgehead atoms. The molecule has 100 valence electrons. The second-order valence-corrected chi connectivity index (χ2v) is 4.38. The van der Waals surface area contributed by atoms with E-state index in [4.69, 9.17) is 14.8 Å². The summed E-state index contributed by atoms with van der Waals surface area (Å²) in [5, 5.41) is 27.3. The molecule has 4 atom stereocenters. The van der Waals surface area contributed by atoms with Gasteiger partial charge in [0.1, 0.15) is 24.9 Å². The van der Waals surface area contributed by atoms with Crippen molar-refractivity contribution in [1.82, 2.24) is 4.72 Å². The van der Waals surface area contributed by atoms with E-state index in [9.17, 15) is 18.3 Å². The molecule has 0 radical (unpaired) electrons. The molecule has 1 aliphatic rings. The number of rotatable bonds is 3. The first-order chi connectivity index (χ1) is 7.70. The molecule has 5 N–H and O–H groups in total. The highest BCUT2D eigenvalue weighted by Gasteiger charge is 2.42. The third kappa shape index (κ3) is 4.07. The molecule has 0 aromatic heterocycles. The van der Waals surface area contributed by atoms with E-state index in [-0.39, 0.29) is 0 Å². The van der Waals surface area contributed by atoms with Crippen molar-refractivity contribution in [2.45, 2.75) is 24.6 Å². The number of ether oxygens (including phenoxy) is 2. The minimum absolute atomic E-state index is 0.614. The minimum Gasteiger partial charge on any atom is -0.446 e. The average Bonchev–Trinajstić information content (AvgIpc) is 2.40. The predicted molar refractivity (Wildman–Crippen MR) is 48.9 cm³/mol. The van der Waals surface area contributed by atoms with Crippen molar-refractivity contribution in [1.29, 1.82) is 0 Å². The maximum absolute atomic E-state index is 10.8. The van der Waals surface area contributed by atoms with Crippen LogP contribution < -0.4 is 4.72 Å². The van der Waals surface area contributed by atoms with E-state index in [1.807, 2.05) is 0 Å². The van der Waals surface area contributed by atoms with Crippen LogP contribution in [0.1, 0.15) is 0 Å². The summed E-state index contributed by atoms with van der Waals surface area (Å²) in [4.78, 5) is 10.8. The van der Waals surface area contributed by atoms with E-state index in [1.54, 1.807) is 0 Å². The Kier molecular flexibility index (Phi) is 4.24. The topological polar surface area (TPSA) is 163 Å². The molecule has 0 saturated carbocycles. The summed E-state index contributed by atoms with van der Waals surface area (Å²) in [5.74, 6) is 0. The summed E-state index contributed by atoms with van der Waals surface area (Å²) < 4.78 is 38.6. The van der Waals surface area contributed by atoms with Crippen LogP contribution in [-0.4, -0.2) is 65.6 Å². The van der Waals surface area contributed by atoms with Gasteiger partial charge in [0.05, 0.1) is 0 Å². The molecule has 10 nitrogen and oxygen atoms in total. The van der Waals surface area contributed by atoms with Gasteiger partial charge in [-0.25, -0.2) is 4.79 Å². The zero-order valence-electron chi connectivity index (χ0n) is 8.25. The van der Waals surface area contributed by atoms with Crippen LogP contribution in [0.15, 0.2) is 0 Å². The van der Waals surface area contributed by atoms with Gasteiger partial charge in [-0.3, -0.25) is 4.55 Å². The number of carbonyl (C=O) groups is 1. The number of hydrogen-bond acceptors (Lipinski definition) is 8. The lowest BCUT2D eigenvalue weighted by Crippen LogP contribution is -2.37. The average molecular weight is 273 g/mol. The fourth-order valence-electron chi connectivity index (χ4n) is 1.16. The van der Waals surface area contributed by atoms with Gasteiger partial charge in [0.25, 0.3) is 0 Å². The molecule has 17 heavy (non-hydrogen) atoms. The lowest BCUT2D eigenvalue weighted by molar-refractivity contribution is -0.133. The smallest absolute Gasteiger partial charge is 0.422 e. The molecule has 1 amide bonds. The summed E-state index contributed by atoms with van der Waals surface area (Å²) in [6.07, 6.45) is -7.34. The van der Waals surface area contributed by atoms with Crippen LogP contribution in [0.2, 0.25) is 0 Å². The Bertz CT molecular complexity index is 381. The molecule has 1 heterocycles. The Hall–Kier alpha value is -0.980. The van der Waals surface area contributed by atoms with Crippen LogP contribution in [0.4, 0.5) is 4.79 Å². The fourth-order valence-corrected chi connectivity index (χ4v) is 1.43. The van der Waals surface area contributed by atoms with Gasteiger partial charge in [-0.2, -0.15) is 13.1 Å². The largest absolute Gasteiger partial charge is 0.446 e. The normalized spacial score (nSPS) is 33.4. The van der Waals surface area contributed by atoms with E-state index < -0.39 is 47.6 Å². The Labute approximate surface area is 95.6 Å². The molecule has 0 spiro atoms. The van der Waals surface area contributed by atoms with Gasteiger partial charge >= 0.3 is 16.4 Å². The maximum Gasteiger partial charge on any atom is 0.422 e. The van der Waals surface area contributed by atoms with E-state index in [0.29, 0.717) is 0 Å².